The minimum atomic E-state index is -4.96. The van der Waals surface area contributed by atoms with Crippen LogP contribution in [0.5, 0.6) is 6.01 Å². The Labute approximate surface area is 253 Å². The van der Waals surface area contributed by atoms with Crippen LogP contribution in [-0.4, -0.2) is 57.3 Å². The van der Waals surface area contributed by atoms with Crippen molar-refractivity contribution in [2.24, 2.45) is 0 Å². The van der Waals surface area contributed by atoms with E-state index >= 15 is 4.39 Å². The minimum Gasteiger partial charge on any atom is -0.467 e. The summed E-state index contributed by atoms with van der Waals surface area (Å²) in [6.45, 7) is 1.03. The summed E-state index contributed by atoms with van der Waals surface area (Å²) in [7, 11) is 3.10. The number of aromatic nitrogens is 4. The number of alkyl halides is 3. The summed E-state index contributed by atoms with van der Waals surface area (Å²) >= 11 is 12.6. The molecule has 1 aliphatic carbocycles. The van der Waals surface area contributed by atoms with Gasteiger partial charge < -0.3 is 25.0 Å². The second-order valence-corrected chi connectivity index (χ2v) is 11.6. The Morgan fingerprint density at radius 2 is 1.98 bits per heavy atom. The normalized spacial score (nSPS) is 18.6. The zero-order valence-electron chi connectivity index (χ0n) is 23.1. The molecule has 1 unspecified atom stereocenters. The van der Waals surface area contributed by atoms with Crippen molar-refractivity contribution in [2.75, 3.05) is 31.3 Å². The Bertz CT molecular complexity index is 1610. The molecule has 0 radical (unpaired) electrons. The number of nitrogens with zero attached hydrogens (tertiary/aromatic N) is 6. The molecule has 16 heteroatoms. The van der Waals surface area contributed by atoms with Gasteiger partial charge in [-0.2, -0.15) is 28.2 Å². The number of nitrogens with two attached hydrogens (primary N) is 1. The van der Waals surface area contributed by atoms with Crippen molar-refractivity contribution in [2.45, 2.75) is 63.7 Å². The van der Waals surface area contributed by atoms with Crippen LogP contribution in [0.25, 0.3) is 0 Å². The van der Waals surface area contributed by atoms with Crippen molar-refractivity contribution in [3.63, 3.8) is 0 Å². The van der Waals surface area contributed by atoms with E-state index in [4.69, 9.17) is 38.4 Å². The van der Waals surface area contributed by atoms with Crippen molar-refractivity contribution < 1.29 is 31.8 Å². The number of rotatable bonds is 5. The molecule has 1 aromatic carbocycles. The van der Waals surface area contributed by atoms with Gasteiger partial charge in [0.15, 0.2) is 11.5 Å². The fourth-order valence-electron chi connectivity index (χ4n) is 5.62. The number of halogens is 6. The summed E-state index contributed by atoms with van der Waals surface area (Å²) in [5.74, 6) is -1.07. The molecule has 10 nitrogen and oxygen atoms in total. The quantitative estimate of drug-likeness (QED) is 0.299. The van der Waals surface area contributed by atoms with Crippen molar-refractivity contribution in [1.29, 1.82) is 0 Å². The molecule has 3 aromatic rings. The van der Waals surface area contributed by atoms with Crippen LogP contribution in [-0.2, 0) is 37.0 Å². The molecule has 4 heterocycles. The molecule has 3 aliphatic rings. The van der Waals surface area contributed by atoms with Crippen LogP contribution >= 0.6 is 23.2 Å². The van der Waals surface area contributed by atoms with Crippen LogP contribution < -0.4 is 15.4 Å². The zero-order chi connectivity index (χ0) is 30.8. The van der Waals surface area contributed by atoms with E-state index in [1.807, 2.05) is 4.90 Å². The van der Waals surface area contributed by atoms with Gasteiger partial charge in [0.25, 0.3) is 5.91 Å². The molecule has 0 spiro atoms. The first-order valence-electron chi connectivity index (χ1n) is 13.6. The maximum Gasteiger partial charge on any atom is 0.418 e. The Balaban J connectivity index is 1.35. The van der Waals surface area contributed by atoms with E-state index in [0.717, 1.165) is 18.9 Å². The number of carbonyl (C=O) groups excluding carboxylic acids is 1. The van der Waals surface area contributed by atoms with Gasteiger partial charge in [-0.05, 0) is 25.3 Å². The maximum atomic E-state index is 15.2. The molecule has 230 valence electrons. The van der Waals surface area contributed by atoms with Crippen LogP contribution in [0.2, 0.25) is 10.0 Å². The third kappa shape index (κ3) is 5.33. The van der Waals surface area contributed by atoms with Gasteiger partial charge in [0.2, 0.25) is 0 Å². The third-order valence-corrected chi connectivity index (χ3v) is 8.67. The Morgan fingerprint density at radius 3 is 2.65 bits per heavy atom. The number of hydrogen-bond donors (Lipinski definition) is 1. The van der Waals surface area contributed by atoms with Gasteiger partial charge in [-0.1, -0.05) is 23.2 Å². The second-order valence-electron chi connectivity index (χ2n) is 10.8. The predicted octanol–water partition coefficient (Wildman–Crippen LogP) is 5.19. The summed E-state index contributed by atoms with van der Waals surface area (Å²) in [6, 6.07) is 0.901. The number of carbonyl (C=O) groups is 1. The molecule has 0 saturated heterocycles. The highest BCUT2D eigenvalue weighted by molar-refractivity contribution is 6.34. The highest BCUT2D eigenvalue weighted by Crippen LogP contribution is 2.46. The number of ether oxygens (including phenoxy) is 2. The number of anilines is 2. The lowest BCUT2D eigenvalue weighted by molar-refractivity contribution is -0.140. The van der Waals surface area contributed by atoms with Gasteiger partial charge in [-0.3, -0.25) is 9.48 Å². The first-order valence-corrected chi connectivity index (χ1v) is 14.3. The fraction of sp³-hybridized carbons (Fsp3) is 0.481. The molecule has 2 aromatic heterocycles. The molecular weight excluding hydrogens is 617 g/mol. The topological polar surface area (TPSA) is 112 Å². The van der Waals surface area contributed by atoms with Crippen LogP contribution in [0.3, 0.4) is 0 Å². The van der Waals surface area contributed by atoms with E-state index in [0.29, 0.717) is 42.3 Å². The zero-order valence-corrected chi connectivity index (χ0v) is 24.7. The van der Waals surface area contributed by atoms with Gasteiger partial charge in [0.05, 0.1) is 59.0 Å². The van der Waals surface area contributed by atoms with Gasteiger partial charge in [0.1, 0.15) is 5.82 Å². The van der Waals surface area contributed by atoms with Crippen LogP contribution in [0.4, 0.5) is 29.1 Å². The standard InChI is InChI=1S/C27H27Cl2F4N7O3/c1-38(12-4-5-12)25(41)23-21(29)17-10-39(6-3-7-40(17)37-23)24-13-11-43-18(9-16(13)35-26(36-24)42-2)19-20(27(31,32)33)14(28)8-15(34)22(19)30/h8,12,18H,3-7,9-11,34H2,1-2H3. The predicted molar refractivity (Wildman–Crippen MR) is 149 cm³/mol. The molecule has 43 heavy (non-hydrogen) atoms. The monoisotopic (exact) mass is 643 g/mol. The molecule has 2 aliphatic heterocycles. The molecular formula is C27H27Cl2F4N7O3. The van der Waals surface area contributed by atoms with E-state index in [1.165, 1.54) is 7.11 Å². The van der Waals surface area contributed by atoms with E-state index in [1.54, 1.807) is 16.6 Å². The van der Waals surface area contributed by atoms with Crippen molar-refractivity contribution in [1.82, 2.24) is 24.6 Å². The minimum absolute atomic E-state index is 0.0256. The number of hydrogen-bond acceptors (Lipinski definition) is 8. The first-order chi connectivity index (χ1) is 20.4. The Morgan fingerprint density at radius 1 is 1.23 bits per heavy atom. The van der Waals surface area contributed by atoms with Crippen LogP contribution in [0.1, 0.15) is 63.9 Å². The number of benzene rings is 1. The number of fused-ring (bicyclic) bond motifs is 2. The third-order valence-electron chi connectivity index (χ3n) is 7.98. The van der Waals surface area contributed by atoms with Crippen molar-refractivity contribution >= 4 is 40.6 Å². The summed E-state index contributed by atoms with van der Waals surface area (Å²) in [6.07, 6.45) is -4.04. The molecule has 0 bridgehead atoms. The second kappa shape index (κ2) is 11.0. The average Bonchev–Trinajstić information content (AvgIpc) is 3.79. The van der Waals surface area contributed by atoms with E-state index in [9.17, 15) is 18.0 Å². The highest BCUT2D eigenvalue weighted by Gasteiger charge is 2.42. The summed E-state index contributed by atoms with van der Waals surface area (Å²) in [4.78, 5) is 25.6. The molecule has 6 rings (SSSR count). The van der Waals surface area contributed by atoms with Crippen molar-refractivity contribution in [3.8, 4) is 6.01 Å². The average molecular weight is 644 g/mol. The molecule has 1 saturated carbocycles. The van der Waals surface area contributed by atoms with Gasteiger partial charge >= 0.3 is 12.2 Å². The maximum absolute atomic E-state index is 15.2. The SMILES string of the molecule is COc1nc2c(c(N3CCCn4nc(C(=O)N(C)C5CC5)c(Cl)c4C3)n1)COC(c1c(F)c(N)cc(Cl)c1C(F)(F)F)C2. The van der Waals surface area contributed by atoms with Crippen molar-refractivity contribution in [3.05, 3.63) is 55.7 Å². The highest BCUT2D eigenvalue weighted by atomic mass is 35.5. The Hall–Kier alpha value is -3.36. The summed E-state index contributed by atoms with van der Waals surface area (Å²) in [5, 5.41) is 4.05. The summed E-state index contributed by atoms with van der Waals surface area (Å²) in [5.41, 5.74) is 4.65. The number of nitrogen functional groups attached to an aromatic ring is 1. The van der Waals surface area contributed by atoms with Gasteiger partial charge in [-0.25, -0.2) is 4.39 Å². The number of aryl methyl sites for hydroxylation is 1. The lowest BCUT2D eigenvalue weighted by Crippen LogP contribution is -2.30. The van der Waals surface area contributed by atoms with Crippen LogP contribution in [0, 0.1) is 5.82 Å². The smallest absolute Gasteiger partial charge is 0.418 e. The molecule has 1 amide bonds. The first kappa shape index (κ1) is 29.7. The Kier molecular flexibility index (Phi) is 7.58. The fourth-order valence-corrected chi connectivity index (χ4v) is 6.22. The number of methoxy groups -OCH3 is 1. The van der Waals surface area contributed by atoms with E-state index in [-0.39, 0.29) is 48.2 Å². The number of amides is 1. The summed E-state index contributed by atoms with van der Waals surface area (Å²) < 4.78 is 70.0. The van der Waals surface area contributed by atoms with E-state index in [2.05, 4.69) is 15.1 Å². The molecule has 1 fully saturated rings. The van der Waals surface area contributed by atoms with E-state index < -0.39 is 39.9 Å². The van der Waals surface area contributed by atoms with Gasteiger partial charge in [-0.15, -0.1) is 0 Å². The van der Waals surface area contributed by atoms with Gasteiger partial charge in [0, 0.05) is 43.7 Å². The molecule has 2 N–H and O–H groups in total. The lowest BCUT2D eigenvalue weighted by atomic mass is 9.93. The van der Waals surface area contributed by atoms with Crippen LogP contribution in [0.15, 0.2) is 6.07 Å². The lowest BCUT2D eigenvalue weighted by Gasteiger charge is -2.31. The molecule has 1 atom stereocenters. The largest absolute Gasteiger partial charge is 0.467 e.